The van der Waals surface area contributed by atoms with Crippen molar-refractivity contribution >= 4 is 21.7 Å². The standard InChI is InChI=1S/C28H28F3N3O5S/c1-2-39-23-6-4-3-5-21(23)18-7-9-19(10-8-18)40(37,38)20-15-22(24(35)33-26(17-32)11-12-26)34(16-20)25(36)27(13-14-27)28(29,30)31/h3-10,20,22H,2,11-16H2,1H3,(H,33,35)/t20-,22+/m1/s1. The fraction of sp³-hybridized carbons (Fsp3) is 0.464. The molecule has 0 aromatic heterocycles. The molecule has 0 spiro atoms. The second-order valence-corrected chi connectivity index (χ2v) is 12.8. The first-order valence-corrected chi connectivity index (χ1v) is 14.6. The predicted molar refractivity (Wildman–Crippen MR) is 138 cm³/mol. The van der Waals surface area contributed by atoms with E-state index in [0.717, 1.165) is 10.5 Å². The van der Waals surface area contributed by atoms with E-state index in [9.17, 15) is 36.4 Å². The average molecular weight is 576 g/mol. The fourth-order valence-corrected chi connectivity index (χ4v) is 6.92. The molecule has 12 heteroatoms. The number of rotatable bonds is 8. The maximum absolute atomic E-state index is 13.8. The SMILES string of the molecule is CCOc1ccccc1-c1ccc(S(=O)(=O)[C@@H]2C[C@@H](C(=O)NC3(C#N)CC3)N(C(=O)C3(C(F)(F)F)CC3)C2)cc1. The van der Waals surface area contributed by atoms with Gasteiger partial charge in [0.05, 0.1) is 22.8 Å². The van der Waals surface area contributed by atoms with E-state index in [1.165, 1.54) is 12.1 Å². The van der Waals surface area contributed by atoms with Crippen LogP contribution >= 0.6 is 0 Å². The van der Waals surface area contributed by atoms with Gasteiger partial charge < -0.3 is 15.0 Å². The van der Waals surface area contributed by atoms with E-state index in [1.807, 2.05) is 31.2 Å². The Morgan fingerprint density at radius 3 is 2.30 bits per heavy atom. The second-order valence-electron chi connectivity index (χ2n) is 10.6. The summed E-state index contributed by atoms with van der Waals surface area (Å²) < 4.78 is 74.3. The summed E-state index contributed by atoms with van der Waals surface area (Å²) in [5.41, 5.74) is -2.27. The van der Waals surface area contributed by atoms with Crippen LogP contribution in [-0.4, -0.2) is 61.3 Å². The van der Waals surface area contributed by atoms with E-state index < -0.39 is 69.5 Å². The molecule has 2 aliphatic carbocycles. The fourth-order valence-electron chi connectivity index (χ4n) is 5.23. The summed E-state index contributed by atoms with van der Waals surface area (Å²) in [6.45, 7) is 1.74. The number of nitrogens with zero attached hydrogens (tertiary/aromatic N) is 2. The molecule has 8 nitrogen and oxygen atoms in total. The number of para-hydroxylation sites is 1. The van der Waals surface area contributed by atoms with Crippen LogP contribution in [0.15, 0.2) is 53.4 Å². The van der Waals surface area contributed by atoms with Crippen molar-refractivity contribution in [1.29, 1.82) is 5.26 Å². The first-order chi connectivity index (χ1) is 18.9. The summed E-state index contributed by atoms with van der Waals surface area (Å²) in [4.78, 5) is 27.0. The van der Waals surface area contributed by atoms with E-state index in [4.69, 9.17) is 4.74 Å². The van der Waals surface area contributed by atoms with E-state index in [1.54, 1.807) is 18.2 Å². The van der Waals surface area contributed by atoms with Gasteiger partial charge in [-0.1, -0.05) is 30.3 Å². The normalized spacial score (nSPS) is 22.7. The Morgan fingerprint density at radius 2 is 1.75 bits per heavy atom. The van der Waals surface area contributed by atoms with Gasteiger partial charge in [-0.15, -0.1) is 0 Å². The van der Waals surface area contributed by atoms with E-state index in [0.29, 0.717) is 30.8 Å². The van der Waals surface area contributed by atoms with Crippen molar-refractivity contribution in [2.24, 2.45) is 5.41 Å². The van der Waals surface area contributed by atoms with Crippen molar-refractivity contribution in [3.63, 3.8) is 0 Å². The summed E-state index contributed by atoms with van der Waals surface area (Å²) in [6, 6.07) is 13.8. The van der Waals surface area contributed by atoms with Gasteiger partial charge in [-0.05, 0) is 62.8 Å². The van der Waals surface area contributed by atoms with Crippen LogP contribution < -0.4 is 10.1 Å². The number of carbonyl (C=O) groups excluding carboxylic acids is 2. The number of carbonyl (C=O) groups is 2. The molecule has 40 heavy (non-hydrogen) atoms. The number of likely N-dealkylation sites (tertiary alicyclic amines) is 1. The number of amides is 2. The van der Waals surface area contributed by atoms with Crippen molar-refractivity contribution in [3.05, 3.63) is 48.5 Å². The third kappa shape index (κ3) is 4.80. The van der Waals surface area contributed by atoms with E-state index in [2.05, 4.69) is 5.32 Å². The maximum Gasteiger partial charge on any atom is 0.403 e. The summed E-state index contributed by atoms with van der Waals surface area (Å²) in [5, 5.41) is 10.6. The molecule has 3 aliphatic rings. The molecule has 212 valence electrons. The van der Waals surface area contributed by atoms with Crippen molar-refractivity contribution in [1.82, 2.24) is 10.2 Å². The van der Waals surface area contributed by atoms with Gasteiger partial charge in [0, 0.05) is 12.1 Å². The molecular formula is C28H28F3N3O5S. The topological polar surface area (TPSA) is 117 Å². The molecule has 1 aliphatic heterocycles. The van der Waals surface area contributed by atoms with Gasteiger partial charge in [0.1, 0.15) is 22.7 Å². The first-order valence-electron chi connectivity index (χ1n) is 13.0. The Morgan fingerprint density at radius 1 is 1.10 bits per heavy atom. The molecule has 5 rings (SSSR count). The number of nitriles is 1. The lowest BCUT2D eigenvalue weighted by Crippen LogP contribution is -2.53. The molecule has 2 aromatic carbocycles. The summed E-state index contributed by atoms with van der Waals surface area (Å²) in [7, 11) is -4.14. The molecule has 2 saturated carbocycles. The lowest BCUT2D eigenvalue weighted by atomic mass is 10.0. The van der Waals surface area contributed by atoms with Crippen LogP contribution in [0.3, 0.4) is 0 Å². The van der Waals surface area contributed by atoms with Crippen LogP contribution in [0, 0.1) is 16.7 Å². The Bertz CT molecular complexity index is 1480. The Balaban J connectivity index is 1.42. The highest BCUT2D eigenvalue weighted by molar-refractivity contribution is 7.92. The highest BCUT2D eigenvalue weighted by atomic mass is 32.2. The number of halogens is 3. The number of hydrogen-bond acceptors (Lipinski definition) is 6. The molecule has 1 N–H and O–H groups in total. The van der Waals surface area contributed by atoms with E-state index >= 15 is 0 Å². The van der Waals surface area contributed by atoms with Crippen molar-refractivity contribution in [3.8, 4) is 22.9 Å². The average Bonchev–Trinajstić information content (AvgIpc) is 3.85. The van der Waals surface area contributed by atoms with Crippen LogP contribution in [-0.2, 0) is 19.4 Å². The van der Waals surface area contributed by atoms with Gasteiger partial charge in [0.15, 0.2) is 9.84 Å². The Hall–Kier alpha value is -3.59. The van der Waals surface area contributed by atoms with Gasteiger partial charge in [-0.3, -0.25) is 9.59 Å². The van der Waals surface area contributed by atoms with Crippen LogP contribution in [0.4, 0.5) is 13.2 Å². The molecule has 0 unspecified atom stereocenters. The zero-order valence-corrected chi connectivity index (χ0v) is 22.5. The molecule has 0 radical (unpaired) electrons. The first kappa shape index (κ1) is 28.0. The number of ether oxygens (including phenoxy) is 1. The molecule has 0 bridgehead atoms. The smallest absolute Gasteiger partial charge is 0.403 e. The maximum atomic E-state index is 13.8. The second kappa shape index (κ2) is 9.80. The van der Waals surface area contributed by atoms with Gasteiger partial charge in [0.25, 0.3) is 0 Å². The highest BCUT2D eigenvalue weighted by Crippen LogP contribution is 2.59. The van der Waals surface area contributed by atoms with Gasteiger partial charge in [-0.2, -0.15) is 18.4 Å². The zero-order valence-electron chi connectivity index (χ0n) is 21.7. The lowest BCUT2D eigenvalue weighted by molar-refractivity contribution is -0.199. The third-order valence-electron chi connectivity index (χ3n) is 7.97. The van der Waals surface area contributed by atoms with Crippen LogP contribution in [0.5, 0.6) is 5.75 Å². The number of sulfone groups is 1. The monoisotopic (exact) mass is 575 g/mol. The zero-order chi connectivity index (χ0) is 28.9. The van der Waals surface area contributed by atoms with Crippen LogP contribution in [0.1, 0.15) is 39.0 Å². The Kier molecular flexibility index (Phi) is 6.85. The van der Waals surface area contributed by atoms with E-state index in [-0.39, 0.29) is 11.3 Å². The molecule has 3 fully saturated rings. The molecule has 1 heterocycles. The molecule has 2 amide bonds. The van der Waals surface area contributed by atoms with Crippen LogP contribution in [0.25, 0.3) is 11.1 Å². The predicted octanol–water partition coefficient (Wildman–Crippen LogP) is 4.01. The minimum Gasteiger partial charge on any atom is -0.493 e. The third-order valence-corrected chi connectivity index (χ3v) is 10.1. The van der Waals surface area contributed by atoms with Gasteiger partial charge in [0.2, 0.25) is 11.8 Å². The van der Waals surface area contributed by atoms with Crippen molar-refractivity contribution in [2.45, 2.75) is 66.9 Å². The molecule has 1 saturated heterocycles. The van der Waals surface area contributed by atoms with Crippen molar-refractivity contribution < 1.29 is 35.9 Å². The molecule has 2 atom stereocenters. The lowest BCUT2D eigenvalue weighted by Gasteiger charge is -2.29. The molecular weight excluding hydrogens is 547 g/mol. The minimum absolute atomic E-state index is 0.0729. The number of benzene rings is 2. The largest absolute Gasteiger partial charge is 0.493 e. The van der Waals surface area contributed by atoms with Crippen molar-refractivity contribution in [2.75, 3.05) is 13.2 Å². The summed E-state index contributed by atoms with van der Waals surface area (Å²) in [6.07, 6.45) is -5.26. The quantitative estimate of drug-likeness (QED) is 0.509. The number of alkyl halides is 3. The van der Waals surface area contributed by atoms with Gasteiger partial charge >= 0.3 is 6.18 Å². The van der Waals surface area contributed by atoms with Crippen LogP contribution in [0.2, 0.25) is 0 Å². The number of hydrogen-bond donors (Lipinski definition) is 1. The minimum atomic E-state index is -4.82. The highest BCUT2D eigenvalue weighted by Gasteiger charge is 2.70. The van der Waals surface area contributed by atoms with Gasteiger partial charge in [-0.25, -0.2) is 8.42 Å². The molecule has 2 aromatic rings. The number of nitrogens with one attached hydrogen (secondary N) is 1. The summed E-state index contributed by atoms with van der Waals surface area (Å²) in [5.74, 6) is -1.47. The summed E-state index contributed by atoms with van der Waals surface area (Å²) >= 11 is 0. The Labute approximate surface area is 230 Å².